The summed E-state index contributed by atoms with van der Waals surface area (Å²) in [5, 5.41) is 67.1. The largest absolute Gasteiger partial charge is 0.394 e. The van der Waals surface area contributed by atoms with Crippen LogP contribution in [0.3, 0.4) is 0 Å². The molecule has 3 unspecified atom stereocenters. The van der Waals surface area contributed by atoms with E-state index in [-0.39, 0.29) is 0 Å². The van der Waals surface area contributed by atoms with Gasteiger partial charge in [0.1, 0.15) is 42.7 Å². The van der Waals surface area contributed by atoms with Crippen LogP contribution in [0.15, 0.2) is 0 Å². The molecule has 2 saturated heterocycles. The van der Waals surface area contributed by atoms with E-state index in [1.807, 2.05) is 0 Å². The monoisotopic (exact) mass is 326 g/mol. The molecule has 0 aliphatic carbocycles. The Kier molecular flexibility index (Phi) is 5.39. The molecule has 7 N–H and O–H groups in total. The van der Waals surface area contributed by atoms with Crippen molar-refractivity contribution in [2.75, 3.05) is 13.2 Å². The first-order chi connectivity index (χ1) is 10.2. The lowest BCUT2D eigenvalue weighted by Crippen LogP contribution is -2.61. The second-order valence-electron chi connectivity index (χ2n) is 5.61. The number of hydrogen-bond acceptors (Lipinski definition) is 10. The summed E-state index contributed by atoms with van der Waals surface area (Å²) in [5.41, 5.74) is 0. The minimum atomic E-state index is -1.82. The third kappa shape index (κ3) is 2.99. The van der Waals surface area contributed by atoms with E-state index >= 15 is 0 Å². The van der Waals surface area contributed by atoms with E-state index in [9.17, 15) is 25.5 Å². The maximum absolute atomic E-state index is 9.97. The van der Waals surface area contributed by atoms with Crippen molar-refractivity contribution < 1.29 is 50.0 Å². The molecule has 2 rings (SSSR count). The van der Waals surface area contributed by atoms with Gasteiger partial charge in [-0.2, -0.15) is 0 Å². The maximum Gasteiger partial charge on any atom is 0.197 e. The van der Waals surface area contributed by atoms with E-state index in [2.05, 4.69) is 0 Å². The minimum Gasteiger partial charge on any atom is -0.394 e. The van der Waals surface area contributed by atoms with Crippen LogP contribution in [0, 0.1) is 0 Å². The van der Waals surface area contributed by atoms with Gasteiger partial charge in [-0.05, 0) is 6.92 Å². The standard InChI is InChI=1S/C12H22O10/c1-12(10(19)7(16)5(3-14)21-12)22-11-9(18)8(17)6(15)4(2-13)20-11/h4-11,13-19H,2-3H2,1H3/t4?,5-,6-,7?,8-,9?,10-,11-,12+/m1/s1. The minimum absolute atomic E-state index is 0.564. The van der Waals surface area contributed by atoms with Crippen LogP contribution < -0.4 is 0 Å². The van der Waals surface area contributed by atoms with Crippen molar-refractivity contribution in [3.05, 3.63) is 0 Å². The molecule has 0 aromatic rings. The van der Waals surface area contributed by atoms with Gasteiger partial charge >= 0.3 is 0 Å². The molecule has 0 spiro atoms. The zero-order valence-electron chi connectivity index (χ0n) is 11.9. The smallest absolute Gasteiger partial charge is 0.197 e. The molecule has 9 atom stereocenters. The molecular formula is C12H22O10. The summed E-state index contributed by atoms with van der Waals surface area (Å²) in [7, 11) is 0. The van der Waals surface area contributed by atoms with Crippen molar-refractivity contribution in [2.24, 2.45) is 0 Å². The fourth-order valence-corrected chi connectivity index (χ4v) is 2.59. The highest BCUT2D eigenvalue weighted by molar-refractivity contribution is 4.96. The van der Waals surface area contributed by atoms with Crippen molar-refractivity contribution >= 4 is 0 Å². The molecule has 2 fully saturated rings. The molecule has 10 nitrogen and oxygen atoms in total. The van der Waals surface area contributed by atoms with E-state index in [0.717, 1.165) is 0 Å². The van der Waals surface area contributed by atoms with Gasteiger partial charge in [0.2, 0.25) is 0 Å². The average Bonchev–Trinajstić information content (AvgIpc) is 2.72. The predicted octanol–water partition coefficient (Wildman–Crippen LogP) is -4.37. The number of hydrogen-bond donors (Lipinski definition) is 7. The normalized spacial score (nSPS) is 52.9. The van der Waals surface area contributed by atoms with Crippen molar-refractivity contribution in [3.8, 4) is 0 Å². The topological polar surface area (TPSA) is 169 Å². The molecule has 0 aromatic heterocycles. The predicted molar refractivity (Wildman–Crippen MR) is 67.2 cm³/mol. The van der Waals surface area contributed by atoms with Crippen LogP contribution in [0.25, 0.3) is 0 Å². The number of ether oxygens (including phenoxy) is 3. The Morgan fingerprint density at radius 1 is 0.864 bits per heavy atom. The average molecular weight is 326 g/mol. The molecule has 2 heterocycles. The quantitative estimate of drug-likeness (QED) is 0.268. The third-order valence-electron chi connectivity index (χ3n) is 4.01. The highest BCUT2D eigenvalue weighted by Crippen LogP contribution is 2.35. The van der Waals surface area contributed by atoms with Gasteiger partial charge in [-0.1, -0.05) is 0 Å². The molecule has 0 radical (unpaired) electrons. The van der Waals surface area contributed by atoms with Gasteiger partial charge in [-0.3, -0.25) is 0 Å². The van der Waals surface area contributed by atoms with Crippen LogP contribution in [0.5, 0.6) is 0 Å². The van der Waals surface area contributed by atoms with Crippen LogP contribution in [0.2, 0.25) is 0 Å². The van der Waals surface area contributed by atoms with Gasteiger partial charge in [-0.25, -0.2) is 0 Å². The molecule has 2 aliphatic rings. The van der Waals surface area contributed by atoms with Gasteiger partial charge in [0.15, 0.2) is 12.1 Å². The van der Waals surface area contributed by atoms with Crippen LogP contribution in [0.4, 0.5) is 0 Å². The summed E-state index contributed by atoms with van der Waals surface area (Å²) in [6, 6.07) is 0. The second kappa shape index (κ2) is 6.61. The number of aliphatic hydroxyl groups excluding tert-OH is 7. The van der Waals surface area contributed by atoms with Crippen LogP contribution in [-0.2, 0) is 14.2 Å². The zero-order valence-corrected chi connectivity index (χ0v) is 11.9. The highest BCUT2D eigenvalue weighted by atomic mass is 16.8. The molecule has 2 aliphatic heterocycles. The molecule has 10 heteroatoms. The Labute approximate surface area is 126 Å². The van der Waals surface area contributed by atoms with Crippen molar-refractivity contribution in [1.29, 1.82) is 0 Å². The van der Waals surface area contributed by atoms with Gasteiger partial charge in [-0.15, -0.1) is 0 Å². The van der Waals surface area contributed by atoms with Gasteiger partial charge in [0.05, 0.1) is 13.2 Å². The van der Waals surface area contributed by atoms with Crippen LogP contribution in [0.1, 0.15) is 6.92 Å². The Morgan fingerprint density at radius 2 is 1.45 bits per heavy atom. The van der Waals surface area contributed by atoms with Crippen molar-refractivity contribution in [3.63, 3.8) is 0 Å². The van der Waals surface area contributed by atoms with Crippen molar-refractivity contribution in [1.82, 2.24) is 0 Å². The summed E-state index contributed by atoms with van der Waals surface area (Å²) >= 11 is 0. The lowest BCUT2D eigenvalue weighted by atomic mass is 9.99. The summed E-state index contributed by atoms with van der Waals surface area (Å²) in [4.78, 5) is 0. The Bertz CT molecular complexity index is 379. The van der Waals surface area contributed by atoms with Crippen LogP contribution in [-0.4, -0.2) is 104 Å². The third-order valence-corrected chi connectivity index (χ3v) is 4.01. The Hall–Kier alpha value is -0.400. The highest BCUT2D eigenvalue weighted by Gasteiger charge is 2.55. The first-order valence-electron chi connectivity index (χ1n) is 6.88. The molecule has 130 valence electrons. The number of rotatable bonds is 4. The van der Waals surface area contributed by atoms with Gasteiger partial charge in [0.25, 0.3) is 0 Å². The number of aliphatic hydroxyl groups is 7. The van der Waals surface area contributed by atoms with Gasteiger partial charge < -0.3 is 50.0 Å². The molecule has 0 bridgehead atoms. The zero-order chi connectivity index (χ0) is 16.7. The first-order valence-corrected chi connectivity index (χ1v) is 6.88. The van der Waals surface area contributed by atoms with Gasteiger partial charge in [0, 0.05) is 0 Å². The van der Waals surface area contributed by atoms with E-state index in [1.165, 1.54) is 6.92 Å². The maximum atomic E-state index is 9.97. The lowest BCUT2D eigenvalue weighted by Gasteiger charge is -2.42. The molecule has 0 amide bonds. The molecule has 0 saturated carbocycles. The Balaban J connectivity index is 2.12. The first kappa shape index (κ1) is 17.9. The molecular weight excluding hydrogens is 304 g/mol. The Morgan fingerprint density at radius 3 is 1.95 bits per heavy atom. The van der Waals surface area contributed by atoms with E-state index in [1.54, 1.807) is 0 Å². The molecule has 0 aromatic carbocycles. The van der Waals surface area contributed by atoms with E-state index < -0.39 is 68.0 Å². The summed E-state index contributed by atoms with van der Waals surface area (Å²) in [6.07, 6.45) is -11.6. The summed E-state index contributed by atoms with van der Waals surface area (Å²) in [6.45, 7) is 0.0661. The lowest BCUT2D eigenvalue weighted by molar-refractivity contribution is -0.373. The van der Waals surface area contributed by atoms with Crippen molar-refractivity contribution in [2.45, 2.75) is 61.7 Å². The molecule has 22 heavy (non-hydrogen) atoms. The van der Waals surface area contributed by atoms with E-state index in [0.29, 0.717) is 0 Å². The fourth-order valence-electron chi connectivity index (χ4n) is 2.59. The second-order valence-corrected chi connectivity index (χ2v) is 5.61. The van der Waals surface area contributed by atoms with Crippen LogP contribution >= 0.6 is 0 Å². The summed E-state index contributed by atoms with van der Waals surface area (Å²) < 4.78 is 15.7. The fraction of sp³-hybridized carbons (Fsp3) is 1.00. The SMILES string of the molecule is C[C@@]1(O[C@H]2OC(CO)[C@@H](O)[C@@H](O)C2O)O[C@H](CO)C(O)[C@H]1O. The summed E-state index contributed by atoms with van der Waals surface area (Å²) in [5.74, 6) is -1.82. The van der Waals surface area contributed by atoms with E-state index in [4.69, 9.17) is 24.4 Å².